The maximum atomic E-state index is 11.9. The number of thiophene rings is 1. The lowest BCUT2D eigenvalue weighted by Crippen LogP contribution is -2.40. The highest BCUT2D eigenvalue weighted by molar-refractivity contribution is 7.13. The summed E-state index contributed by atoms with van der Waals surface area (Å²) < 4.78 is 4.72. The fourth-order valence-electron chi connectivity index (χ4n) is 1.54. The molecule has 1 amide bonds. The number of rotatable bonds is 7. The number of aliphatic carboxylic acids is 1. The topological polar surface area (TPSA) is 92.7 Å². The van der Waals surface area contributed by atoms with Crippen LogP contribution in [0, 0.1) is 6.92 Å². The molecule has 0 aliphatic rings. The smallest absolute Gasteiger partial charge is 0.326 e. The van der Waals surface area contributed by atoms with Crippen LogP contribution in [-0.2, 0) is 14.3 Å². The molecule has 1 heterocycles. The minimum Gasteiger partial charge on any atom is -0.480 e. The van der Waals surface area contributed by atoms with Crippen molar-refractivity contribution in [1.29, 1.82) is 0 Å². The number of aryl methyl sites for hydroxylation is 1. The second-order valence-electron chi connectivity index (χ2n) is 4.12. The Morgan fingerprint density at radius 2 is 2.10 bits per heavy atom. The first-order valence-electron chi connectivity index (χ1n) is 6.19. The predicted octanol–water partition coefficient (Wildman–Crippen LogP) is 1.58. The van der Waals surface area contributed by atoms with Gasteiger partial charge in [-0.25, -0.2) is 4.79 Å². The molecule has 0 spiro atoms. The number of carboxylic acids is 1. The molecule has 7 heteroatoms. The number of amides is 1. The van der Waals surface area contributed by atoms with Gasteiger partial charge in [-0.15, -0.1) is 11.3 Å². The third kappa shape index (κ3) is 5.00. The predicted molar refractivity (Wildman–Crippen MR) is 73.8 cm³/mol. The van der Waals surface area contributed by atoms with Crippen molar-refractivity contribution in [2.75, 3.05) is 6.61 Å². The average molecular weight is 299 g/mol. The van der Waals surface area contributed by atoms with Gasteiger partial charge < -0.3 is 15.2 Å². The van der Waals surface area contributed by atoms with Crippen molar-refractivity contribution in [3.63, 3.8) is 0 Å². The van der Waals surface area contributed by atoms with Crippen molar-refractivity contribution in [3.8, 4) is 0 Å². The number of nitrogens with one attached hydrogen (secondary N) is 1. The van der Waals surface area contributed by atoms with Crippen LogP contribution >= 0.6 is 11.3 Å². The molecule has 1 aromatic rings. The minimum atomic E-state index is -1.17. The van der Waals surface area contributed by atoms with E-state index in [4.69, 9.17) is 9.84 Å². The monoisotopic (exact) mass is 299 g/mol. The van der Waals surface area contributed by atoms with Crippen LogP contribution < -0.4 is 5.32 Å². The third-order valence-corrected chi connectivity index (χ3v) is 3.51. The molecule has 1 aromatic heterocycles. The normalized spacial score (nSPS) is 11.7. The number of carbonyl (C=O) groups excluding carboxylic acids is 2. The average Bonchev–Trinajstić information content (AvgIpc) is 2.81. The number of ether oxygens (including phenoxy) is 1. The number of carbonyl (C=O) groups is 3. The Labute approximate surface area is 120 Å². The van der Waals surface area contributed by atoms with Crippen LogP contribution in [0.2, 0.25) is 0 Å². The van der Waals surface area contributed by atoms with E-state index in [9.17, 15) is 14.4 Å². The molecule has 0 unspecified atom stereocenters. The zero-order chi connectivity index (χ0) is 15.1. The molecule has 110 valence electrons. The van der Waals surface area contributed by atoms with Gasteiger partial charge in [0.1, 0.15) is 6.04 Å². The van der Waals surface area contributed by atoms with Crippen molar-refractivity contribution in [2.45, 2.75) is 32.7 Å². The largest absolute Gasteiger partial charge is 0.480 e. The summed E-state index contributed by atoms with van der Waals surface area (Å²) in [6.07, 6.45) is -0.0428. The van der Waals surface area contributed by atoms with Gasteiger partial charge >= 0.3 is 11.9 Å². The molecule has 1 atom stereocenters. The molecule has 6 nitrogen and oxygen atoms in total. The van der Waals surface area contributed by atoms with Gasteiger partial charge in [0.05, 0.1) is 11.5 Å². The summed E-state index contributed by atoms with van der Waals surface area (Å²) in [6.45, 7) is 3.78. The molecule has 0 radical (unpaired) electrons. The lowest BCUT2D eigenvalue weighted by Gasteiger charge is -2.13. The van der Waals surface area contributed by atoms with Gasteiger partial charge in [0.25, 0.3) is 5.91 Å². The number of hydrogen-bond donors (Lipinski definition) is 2. The summed E-state index contributed by atoms with van der Waals surface area (Å²) in [5.41, 5.74) is 0. The van der Waals surface area contributed by atoms with E-state index in [1.165, 1.54) is 11.3 Å². The first-order chi connectivity index (χ1) is 9.43. The van der Waals surface area contributed by atoms with Crippen molar-refractivity contribution in [2.24, 2.45) is 0 Å². The second kappa shape index (κ2) is 7.64. The summed E-state index contributed by atoms with van der Waals surface area (Å²) in [7, 11) is 0. The maximum Gasteiger partial charge on any atom is 0.326 e. The van der Waals surface area contributed by atoms with E-state index in [2.05, 4.69) is 5.32 Å². The van der Waals surface area contributed by atoms with Crippen LogP contribution in [0.15, 0.2) is 12.1 Å². The van der Waals surface area contributed by atoms with Crippen LogP contribution in [0.1, 0.15) is 34.3 Å². The Kier molecular flexibility index (Phi) is 6.17. The van der Waals surface area contributed by atoms with Crippen molar-refractivity contribution < 1.29 is 24.2 Å². The molecule has 0 saturated carbocycles. The van der Waals surface area contributed by atoms with Crippen LogP contribution in [0.4, 0.5) is 0 Å². The first-order valence-corrected chi connectivity index (χ1v) is 7.01. The highest BCUT2D eigenvalue weighted by Gasteiger charge is 2.22. The molecule has 0 aromatic carbocycles. The number of hydrogen-bond acceptors (Lipinski definition) is 5. The van der Waals surface area contributed by atoms with E-state index >= 15 is 0 Å². The van der Waals surface area contributed by atoms with Gasteiger partial charge in [-0.3, -0.25) is 9.59 Å². The van der Waals surface area contributed by atoms with Crippen molar-refractivity contribution >= 4 is 29.2 Å². The maximum absolute atomic E-state index is 11.9. The highest BCUT2D eigenvalue weighted by atomic mass is 32.1. The van der Waals surface area contributed by atoms with Gasteiger partial charge in [-0.05, 0) is 32.4 Å². The molecule has 0 saturated heterocycles. The Bertz CT molecular complexity index is 497. The SMILES string of the molecule is CCOC(=O)CC[C@H](NC(=O)c1ccc(C)s1)C(=O)O. The second-order valence-corrected chi connectivity index (χ2v) is 5.41. The van der Waals surface area contributed by atoms with Gasteiger partial charge in [0.2, 0.25) is 0 Å². The summed E-state index contributed by atoms with van der Waals surface area (Å²) >= 11 is 1.29. The standard InChI is InChI=1S/C13H17NO5S/c1-3-19-11(15)7-5-9(13(17)18)14-12(16)10-6-4-8(2)20-10/h4,6,9H,3,5,7H2,1-2H3,(H,14,16)(H,17,18)/t9-/m0/s1. The molecule has 0 fully saturated rings. The van der Waals surface area contributed by atoms with E-state index in [-0.39, 0.29) is 19.4 Å². The Balaban J connectivity index is 2.57. The van der Waals surface area contributed by atoms with Crippen molar-refractivity contribution in [3.05, 3.63) is 21.9 Å². The van der Waals surface area contributed by atoms with Crippen LogP contribution in [-0.4, -0.2) is 35.6 Å². The van der Waals surface area contributed by atoms with Crippen molar-refractivity contribution in [1.82, 2.24) is 5.32 Å². The zero-order valence-corrected chi connectivity index (χ0v) is 12.2. The van der Waals surface area contributed by atoms with Gasteiger partial charge in [-0.1, -0.05) is 0 Å². The Morgan fingerprint density at radius 3 is 2.60 bits per heavy atom. The van der Waals surface area contributed by atoms with Crippen LogP contribution in [0.3, 0.4) is 0 Å². The van der Waals surface area contributed by atoms with Crippen LogP contribution in [0.25, 0.3) is 0 Å². The zero-order valence-electron chi connectivity index (χ0n) is 11.3. The Hall–Kier alpha value is -1.89. The van der Waals surface area contributed by atoms with E-state index in [0.29, 0.717) is 4.88 Å². The van der Waals surface area contributed by atoms with E-state index in [1.54, 1.807) is 19.1 Å². The molecule has 0 bridgehead atoms. The molecular weight excluding hydrogens is 282 g/mol. The summed E-state index contributed by atoms with van der Waals surface area (Å²) in [4.78, 5) is 35.6. The quantitative estimate of drug-likeness (QED) is 0.746. The summed E-state index contributed by atoms with van der Waals surface area (Å²) in [6, 6.07) is 2.32. The summed E-state index contributed by atoms with van der Waals surface area (Å²) in [5, 5.41) is 11.5. The molecular formula is C13H17NO5S. The first kappa shape index (κ1) is 16.2. The fourth-order valence-corrected chi connectivity index (χ4v) is 2.31. The third-order valence-electron chi connectivity index (χ3n) is 2.51. The van der Waals surface area contributed by atoms with E-state index in [1.807, 2.05) is 6.92 Å². The Morgan fingerprint density at radius 1 is 1.40 bits per heavy atom. The molecule has 20 heavy (non-hydrogen) atoms. The number of carboxylic acid groups (broad SMARTS) is 1. The lowest BCUT2D eigenvalue weighted by atomic mass is 10.1. The number of esters is 1. The summed E-state index contributed by atoms with van der Waals surface area (Å²) in [5.74, 6) is -2.09. The van der Waals surface area contributed by atoms with Gasteiger partial charge in [0.15, 0.2) is 0 Å². The van der Waals surface area contributed by atoms with E-state index in [0.717, 1.165) is 4.88 Å². The van der Waals surface area contributed by atoms with Crippen LogP contribution in [0.5, 0.6) is 0 Å². The molecule has 0 aliphatic heterocycles. The lowest BCUT2D eigenvalue weighted by molar-refractivity contribution is -0.144. The fraction of sp³-hybridized carbons (Fsp3) is 0.462. The molecule has 0 aliphatic carbocycles. The van der Waals surface area contributed by atoms with Gasteiger partial charge in [-0.2, -0.15) is 0 Å². The molecule has 2 N–H and O–H groups in total. The van der Waals surface area contributed by atoms with Gasteiger partial charge in [0, 0.05) is 11.3 Å². The van der Waals surface area contributed by atoms with E-state index < -0.39 is 23.9 Å². The highest BCUT2D eigenvalue weighted by Crippen LogP contribution is 2.15. The molecule has 1 rings (SSSR count). The minimum absolute atomic E-state index is 0.00423.